The number of thioether (sulfide) groups is 1. The number of ether oxygens (including phenoxy) is 1. The fourth-order valence-corrected chi connectivity index (χ4v) is 3.71. The second kappa shape index (κ2) is 8.60. The summed E-state index contributed by atoms with van der Waals surface area (Å²) in [7, 11) is 0. The molecular weight excluding hydrogens is 362 g/mol. The van der Waals surface area contributed by atoms with Crippen molar-refractivity contribution >= 4 is 47.1 Å². The second-order valence-electron chi connectivity index (χ2n) is 5.83. The molecule has 136 valence electrons. The Hall–Kier alpha value is -1.70. The molecule has 6 nitrogen and oxygen atoms in total. The van der Waals surface area contributed by atoms with Crippen LogP contribution in [0.1, 0.15) is 25.3 Å². The molecular formula is C17H22ClN3O3S. The highest BCUT2D eigenvalue weighted by Crippen LogP contribution is 2.37. The zero-order valence-electron chi connectivity index (χ0n) is 14.0. The van der Waals surface area contributed by atoms with E-state index < -0.39 is 0 Å². The topological polar surface area (TPSA) is 84.7 Å². The molecule has 3 N–H and O–H groups in total. The number of halogens is 1. The standard InChI is InChI=1S/C17H21N3O3S.ClH/c1-2-23-13-7-3-5-11(9-14-16(21)19-17(22)24-14)15(13)20-8-4-6-12(18)10-20;/h3,5,7,9,12H,2,4,6,8,10,18H2,1H3,(H,19,21,22);1H/b14-9-;/t12-;/m1./s1. The van der Waals surface area contributed by atoms with Gasteiger partial charge in [-0.25, -0.2) is 0 Å². The largest absolute Gasteiger partial charge is 0.492 e. The summed E-state index contributed by atoms with van der Waals surface area (Å²) in [6, 6.07) is 5.87. The van der Waals surface area contributed by atoms with Gasteiger partial charge in [0.1, 0.15) is 5.75 Å². The highest BCUT2D eigenvalue weighted by molar-refractivity contribution is 8.18. The number of carbonyl (C=O) groups excluding carboxylic acids is 2. The molecule has 0 aliphatic carbocycles. The molecule has 1 atom stereocenters. The maximum absolute atomic E-state index is 11.9. The molecule has 0 spiro atoms. The molecule has 1 aromatic rings. The number of nitrogens with one attached hydrogen (secondary N) is 1. The first kappa shape index (κ1) is 19.6. The summed E-state index contributed by atoms with van der Waals surface area (Å²) in [4.78, 5) is 25.9. The van der Waals surface area contributed by atoms with Crippen molar-refractivity contribution in [2.75, 3.05) is 24.6 Å². The Balaban J connectivity index is 0.00000225. The number of nitrogens with two attached hydrogens (primary N) is 1. The third-order valence-corrected chi connectivity index (χ3v) is 4.84. The lowest BCUT2D eigenvalue weighted by molar-refractivity contribution is -0.115. The zero-order valence-corrected chi connectivity index (χ0v) is 15.6. The van der Waals surface area contributed by atoms with Crippen LogP contribution in [0.2, 0.25) is 0 Å². The number of amides is 2. The van der Waals surface area contributed by atoms with Gasteiger partial charge in [0.2, 0.25) is 0 Å². The molecule has 0 unspecified atom stereocenters. The van der Waals surface area contributed by atoms with Crippen molar-refractivity contribution in [3.05, 3.63) is 28.7 Å². The smallest absolute Gasteiger partial charge is 0.290 e. The lowest BCUT2D eigenvalue weighted by Gasteiger charge is -2.34. The molecule has 0 bridgehead atoms. The molecule has 0 aromatic heterocycles. The van der Waals surface area contributed by atoms with Crippen LogP contribution in [0.4, 0.5) is 10.5 Å². The quantitative estimate of drug-likeness (QED) is 0.778. The van der Waals surface area contributed by atoms with Gasteiger partial charge in [0.15, 0.2) is 0 Å². The van der Waals surface area contributed by atoms with Gasteiger partial charge in [-0.05, 0) is 43.7 Å². The third-order valence-electron chi connectivity index (χ3n) is 4.03. The number of rotatable bonds is 4. The summed E-state index contributed by atoms with van der Waals surface area (Å²) in [6.07, 6.45) is 3.78. The lowest BCUT2D eigenvalue weighted by atomic mass is 10.0. The van der Waals surface area contributed by atoms with Crippen LogP contribution in [0, 0.1) is 0 Å². The van der Waals surface area contributed by atoms with Crippen molar-refractivity contribution in [2.24, 2.45) is 5.73 Å². The zero-order chi connectivity index (χ0) is 17.1. The molecule has 8 heteroatoms. The Bertz CT molecular complexity index is 696. The molecule has 25 heavy (non-hydrogen) atoms. The minimum absolute atomic E-state index is 0. The Kier molecular flexibility index (Phi) is 6.75. The van der Waals surface area contributed by atoms with Crippen LogP contribution in [0.3, 0.4) is 0 Å². The fraction of sp³-hybridized carbons (Fsp3) is 0.412. The molecule has 2 saturated heterocycles. The van der Waals surface area contributed by atoms with E-state index in [9.17, 15) is 9.59 Å². The first-order valence-corrected chi connectivity index (χ1v) is 8.91. The van der Waals surface area contributed by atoms with Gasteiger partial charge in [0, 0.05) is 24.7 Å². The van der Waals surface area contributed by atoms with Crippen molar-refractivity contribution < 1.29 is 14.3 Å². The van der Waals surface area contributed by atoms with Gasteiger partial charge in [0.25, 0.3) is 11.1 Å². The highest BCUT2D eigenvalue weighted by atomic mass is 35.5. The highest BCUT2D eigenvalue weighted by Gasteiger charge is 2.27. The van der Waals surface area contributed by atoms with Gasteiger partial charge in [-0.3, -0.25) is 14.9 Å². The number of piperidine rings is 1. The number of nitrogens with zero attached hydrogens (tertiary/aromatic N) is 1. The monoisotopic (exact) mass is 383 g/mol. The van der Waals surface area contributed by atoms with Crippen LogP contribution in [0.15, 0.2) is 23.1 Å². The average Bonchev–Trinajstić information content (AvgIpc) is 2.85. The molecule has 3 rings (SSSR count). The third kappa shape index (κ3) is 4.48. The Labute approximate surface area is 157 Å². The molecule has 0 radical (unpaired) electrons. The molecule has 2 aliphatic rings. The first-order valence-electron chi connectivity index (χ1n) is 8.09. The summed E-state index contributed by atoms with van der Waals surface area (Å²) in [6.45, 7) is 4.14. The fourth-order valence-electron chi connectivity index (χ4n) is 3.04. The lowest BCUT2D eigenvalue weighted by Crippen LogP contribution is -2.43. The predicted octanol–water partition coefficient (Wildman–Crippen LogP) is 2.76. The van der Waals surface area contributed by atoms with Gasteiger partial charge >= 0.3 is 0 Å². The summed E-state index contributed by atoms with van der Waals surface area (Å²) >= 11 is 0.921. The van der Waals surface area contributed by atoms with Crippen molar-refractivity contribution in [3.8, 4) is 5.75 Å². The van der Waals surface area contributed by atoms with Crippen LogP contribution in [-0.4, -0.2) is 36.9 Å². The SMILES string of the molecule is CCOc1cccc(/C=C2\SC(=O)NC2=O)c1N1CCC[C@@H](N)C1.Cl. The Morgan fingerprint density at radius 3 is 2.88 bits per heavy atom. The van der Waals surface area contributed by atoms with Crippen LogP contribution in [0.5, 0.6) is 5.75 Å². The van der Waals surface area contributed by atoms with Gasteiger partial charge < -0.3 is 15.4 Å². The van der Waals surface area contributed by atoms with Crippen molar-refractivity contribution in [1.29, 1.82) is 0 Å². The molecule has 2 heterocycles. The van der Waals surface area contributed by atoms with E-state index in [4.69, 9.17) is 10.5 Å². The van der Waals surface area contributed by atoms with Gasteiger partial charge in [-0.15, -0.1) is 12.4 Å². The molecule has 1 aromatic carbocycles. The maximum atomic E-state index is 11.9. The van der Waals surface area contributed by atoms with Crippen LogP contribution < -0.4 is 20.7 Å². The summed E-state index contributed by atoms with van der Waals surface area (Å²) < 4.78 is 5.79. The first-order chi connectivity index (χ1) is 11.6. The minimum Gasteiger partial charge on any atom is -0.492 e. The van der Waals surface area contributed by atoms with E-state index in [0.29, 0.717) is 11.5 Å². The number of hydrogen-bond donors (Lipinski definition) is 2. The molecule has 0 saturated carbocycles. The Morgan fingerprint density at radius 1 is 1.44 bits per heavy atom. The number of benzene rings is 1. The second-order valence-corrected chi connectivity index (χ2v) is 6.84. The molecule has 2 fully saturated rings. The van der Waals surface area contributed by atoms with E-state index in [1.54, 1.807) is 6.08 Å². The van der Waals surface area contributed by atoms with Crippen molar-refractivity contribution in [3.63, 3.8) is 0 Å². The normalized spacial score (nSPS) is 21.9. The van der Waals surface area contributed by atoms with E-state index in [-0.39, 0.29) is 29.6 Å². The number of para-hydroxylation sites is 1. The van der Waals surface area contributed by atoms with Crippen LogP contribution >= 0.6 is 24.2 Å². The summed E-state index contributed by atoms with van der Waals surface area (Å²) in [5.74, 6) is 0.420. The Morgan fingerprint density at radius 2 is 2.24 bits per heavy atom. The van der Waals surface area contributed by atoms with E-state index in [0.717, 1.165) is 54.7 Å². The van der Waals surface area contributed by atoms with E-state index in [1.165, 1.54) is 0 Å². The van der Waals surface area contributed by atoms with Gasteiger partial charge in [-0.1, -0.05) is 12.1 Å². The van der Waals surface area contributed by atoms with Gasteiger partial charge in [-0.2, -0.15) is 0 Å². The maximum Gasteiger partial charge on any atom is 0.290 e. The van der Waals surface area contributed by atoms with E-state index in [1.807, 2.05) is 25.1 Å². The number of anilines is 1. The predicted molar refractivity (Wildman–Crippen MR) is 103 cm³/mol. The van der Waals surface area contributed by atoms with Crippen LogP contribution in [-0.2, 0) is 4.79 Å². The van der Waals surface area contributed by atoms with Crippen molar-refractivity contribution in [2.45, 2.75) is 25.8 Å². The van der Waals surface area contributed by atoms with Crippen LogP contribution in [0.25, 0.3) is 6.08 Å². The average molecular weight is 384 g/mol. The number of carbonyl (C=O) groups is 2. The summed E-state index contributed by atoms with van der Waals surface area (Å²) in [5, 5.41) is 1.95. The van der Waals surface area contributed by atoms with Gasteiger partial charge in [0.05, 0.1) is 17.2 Å². The molecule has 2 amide bonds. The van der Waals surface area contributed by atoms with Crippen molar-refractivity contribution in [1.82, 2.24) is 5.32 Å². The summed E-state index contributed by atoms with van der Waals surface area (Å²) in [5.41, 5.74) is 7.93. The minimum atomic E-state index is -0.354. The van der Waals surface area contributed by atoms with E-state index in [2.05, 4.69) is 10.2 Å². The number of hydrogen-bond acceptors (Lipinski definition) is 6. The number of imide groups is 1. The van der Waals surface area contributed by atoms with E-state index >= 15 is 0 Å². The molecule has 2 aliphatic heterocycles.